The van der Waals surface area contributed by atoms with Gasteiger partial charge in [0.05, 0.1) is 11.1 Å². The van der Waals surface area contributed by atoms with Crippen molar-refractivity contribution in [3.05, 3.63) is 30.5 Å². The van der Waals surface area contributed by atoms with Crippen LogP contribution in [-0.4, -0.2) is 40.5 Å². The van der Waals surface area contributed by atoms with E-state index in [0.29, 0.717) is 25.1 Å². The van der Waals surface area contributed by atoms with Crippen molar-refractivity contribution < 1.29 is 18.3 Å². The van der Waals surface area contributed by atoms with Crippen molar-refractivity contribution in [2.45, 2.75) is 36.7 Å². The first kappa shape index (κ1) is 18.0. The van der Waals surface area contributed by atoms with Crippen LogP contribution in [0.25, 0.3) is 11.3 Å². The van der Waals surface area contributed by atoms with Crippen LogP contribution in [-0.2, 0) is 21.4 Å². The number of nitrogens with two attached hydrogens (primary N) is 2. The first-order valence-corrected chi connectivity index (χ1v) is 8.84. The van der Waals surface area contributed by atoms with Crippen LogP contribution in [0.2, 0.25) is 0 Å². The predicted octanol–water partition coefficient (Wildman–Crippen LogP) is 0.175. The van der Waals surface area contributed by atoms with Gasteiger partial charge in [0.15, 0.2) is 0 Å². The van der Waals surface area contributed by atoms with Crippen molar-refractivity contribution >= 4 is 16.0 Å². The number of rotatable bonds is 8. The summed E-state index contributed by atoms with van der Waals surface area (Å²) in [6, 6.07) is 5.21. The van der Waals surface area contributed by atoms with E-state index in [1.54, 1.807) is 23.0 Å². The van der Waals surface area contributed by atoms with Crippen LogP contribution in [0.15, 0.2) is 35.4 Å². The number of sulfonamides is 1. The smallest absolute Gasteiger partial charge is 0.320 e. The molecule has 0 saturated heterocycles. The van der Waals surface area contributed by atoms with Crippen LogP contribution in [0.5, 0.6) is 0 Å². The minimum absolute atomic E-state index is 0.0356. The lowest BCUT2D eigenvalue weighted by molar-refractivity contribution is -0.138. The molecule has 2 rings (SSSR count). The summed E-state index contributed by atoms with van der Waals surface area (Å²) in [7, 11) is -3.72. The summed E-state index contributed by atoms with van der Waals surface area (Å²) in [5.74, 6) is -0.999. The van der Waals surface area contributed by atoms with Gasteiger partial charge in [0.25, 0.3) is 0 Å². The molecule has 1 aromatic heterocycles. The van der Waals surface area contributed by atoms with Crippen molar-refractivity contribution in [3.63, 3.8) is 0 Å². The largest absolute Gasteiger partial charge is 0.480 e. The van der Waals surface area contributed by atoms with Gasteiger partial charge in [-0.25, -0.2) is 13.6 Å². The molecule has 10 heteroatoms. The molecule has 0 saturated carbocycles. The van der Waals surface area contributed by atoms with Gasteiger partial charge in [0.2, 0.25) is 10.0 Å². The lowest BCUT2D eigenvalue weighted by Gasteiger charge is -2.05. The zero-order chi connectivity index (χ0) is 17.7. The first-order valence-electron chi connectivity index (χ1n) is 7.29. The number of aromatic nitrogens is 3. The molecule has 5 N–H and O–H groups in total. The summed E-state index contributed by atoms with van der Waals surface area (Å²) in [5.41, 5.74) is 6.77. The molecular formula is C14H19N5O4S. The van der Waals surface area contributed by atoms with E-state index >= 15 is 0 Å². The van der Waals surface area contributed by atoms with Gasteiger partial charge in [-0.3, -0.25) is 9.48 Å². The number of carbonyl (C=O) groups is 1. The Morgan fingerprint density at radius 3 is 2.50 bits per heavy atom. The van der Waals surface area contributed by atoms with E-state index in [2.05, 4.69) is 10.3 Å². The normalized spacial score (nSPS) is 12.9. The zero-order valence-electron chi connectivity index (χ0n) is 12.9. The Kier molecular flexibility index (Phi) is 5.65. The fourth-order valence-corrected chi connectivity index (χ4v) is 2.63. The van der Waals surface area contributed by atoms with Crippen molar-refractivity contribution in [2.24, 2.45) is 10.9 Å². The number of hydrogen-bond acceptors (Lipinski definition) is 6. The lowest BCUT2D eigenvalue weighted by Crippen LogP contribution is -2.29. The molecular weight excluding hydrogens is 334 g/mol. The lowest BCUT2D eigenvalue weighted by atomic mass is 10.1. The van der Waals surface area contributed by atoms with Gasteiger partial charge in [-0.05, 0) is 31.4 Å². The fourth-order valence-electron chi connectivity index (χ4n) is 2.12. The standard InChI is InChI=1S/C14H19N5O4S/c15-12(14(20)21)3-1-2-8-19-9-13(17-18-19)10-4-6-11(7-5-10)24(16,22)23/h4-7,9,12H,1-3,8,15H2,(H,20,21)(H2,16,22,23)/t12-/m1/s1. The van der Waals surface area contributed by atoms with Crippen LogP contribution in [0.3, 0.4) is 0 Å². The number of primary sulfonamides is 1. The topological polar surface area (TPSA) is 154 Å². The van der Waals surface area contributed by atoms with Gasteiger partial charge in [0, 0.05) is 12.1 Å². The fraction of sp³-hybridized carbons (Fsp3) is 0.357. The van der Waals surface area contributed by atoms with Gasteiger partial charge < -0.3 is 10.8 Å². The highest BCUT2D eigenvalue weighted by Gasteiger charge is 2.11. The third-order valence-corrected chi connectivity index (χ3v) is 4.42. The summed E-state index contributed by atoms with van der Waals surface area (Å²) in [5, 5.41) is 21.8. The van der Waals surface area contributed by atoms with E-state index in [-0.39, 0.29) is 4.90 Å². The summed E-state index contributed by atoms with van der Waals surface area (Å²) >= 11 is 0. The van der Waals surface area contributed by atoms with E-state index in [0.717, 1.165) is 12.0 Å². The SMILES string of the molecule is N[C@H](CCCCn1cc(-c2ccc(S(N)(=O)=O)cc2)nn1)C(=O)O. The highest BCUT2D eigenvalue weighted by atomic mass is 32.2. The number of nitrogens with zero attached hydrogens (tertiary/aromatic N) is 3. The molecule has 0 fully saturated rings. The van der Waals surface area contributed by atoms with Gasteiger partial charge in [-0.1, -0.05) is 17.3 Å². The Hall–Kier alpha value is -2.30. The summed E-state index contributed by atoms with van der Waals surface area (Å²) in [4.78, 5) is 10.6. The molecule has 0 aliphatic carbocycles. The second-order valence-corrected chi connectivity index (χ2v) is 6.94. The number of carboxylic acid groups (broad SMARTS) is 1. The van der Waals surface area contributed by atoms with Crippen LogP contribution in [0, 0.1) is 0 Å². The van der Waals surface area contributed by atoms with Crippen LogP contribution in [0.1, 0.15) is 19.3 Å². The molecule has 2 aromatic rings. The molecule has 0 aliphatic heterocycles. The average molecular weight is 353 g/mol. The van der Waals surface area contributed by atoms with Gasteiger partial charge >= 0.3 is 5.97 Å². The molecule has 0 unspecified atom stereocenters. The van der Waals surface area contributed by atoms with Crippen LogP contribution in [0.4, 0.5) is 0 Å². The van der Waals surface area contributed by atoms with Gasteiger partial charge in [-0.2, -0.15) is 0 Å². The number of hydrogen-bond donors (Lipinski definition) is 3. The molecule has 0 radical (unpaired) electrons. The molecule has 0 aliphatic rings. The van der Waals surface area contributed by atoms with Crippen molar-refractivity contribution in [3.8, 4) is 11.3 Å². The Labute approximate surface area is 139 Å². The maximum atomic E-state index is 11.2. The predicted molar refractivity (Wildman–Crippen MR) is 86.3 cm³/mol. The number of unbranched alkanes of at least 4 members (excludes halogenated alkanes) is 1. The molecule has 1 heterocycles. The van der Waals surface area contributed by atoms with Crippen molar-refractivity contribution in [1.29, 1.82) is 0 Å². The Morgan fingerprint density at radius 1 is 1.25 bits per heavy atom. The third-order valence-electron chi connectivity index (χ3n) is 3.49. The third kappa shape index (κ3) is 4.85. The van der Waals surface area contributed by atoms with Gasteiger partial charge in [0.1, 0.15) is 11.7 Å². The Balaban J connectivity index is 1.92. The Morgan fingerprint density at radius 2 is 1.92 bits per heavy atom. The maximum absolute atomic E-state index is 11.2. The summed E-state index contributed by atoms with van der Waals surface area (Å²) in [6.07, 6.45) is 3.55. The Bertz CT molecular complexity index is 801. The first-order chi connectivity index (χ1) is 11.3. The van der Waals surface area contributed by atoms with Crippen molar-refractivity contribution in [1.82, 2.24) is 15.0 Å². The number of benzene rings is 1. The van der Waals surface area contributed by atoms with E-state index in [9.17, 15) is 13.2 Å². The molecule has 0 spiro atoms. The van der Waals surface area contributed by atoms with Crippen molar-refractivity contribution in [2.75, 3.05) is 0 Å². The molecule has 0 bridgehead atoms. The van der Waals surface area contributed by atoms with E-state index in [1.165, 1.54) is 12.1 Å². The molecule has 1 aromatic carbocycles. The quantitative estimate of drug-likeness (QED) is 0.572. The summed E-state index contributed by atoms with van der Waals surface area (Å²) < 4.78 is 24.1. The molecule has 1 atom stereocenters. The average Bonchev–Trinajstić information content (AvgIpc) is 2.99. The monoisotopic (exact) mass is 353 g/mol. The van der Waals surface area contributed by atoms with Crippen LogP contribution < -0.4 is 10.9 Å². The highest BCUT2D eigenvalue weighted by Crippen LogP contribution is 2.18. The number of aryl methyl sites for hydroxylation is 1. The maximum Gasteiger partial charge on any atom is 0.320 e. The van der Waals surface area contributed by atoms with E-state index < -0.39 is 22.0 Å². The van der Waals surface area contributed by atoms with E-state index in [1.807, 2.05) is 0 Å². The van der Waals surface area contributed by atoms with Gasteiger partial charge in [-0.15, -0.1) is 5.10 Å². The minimum atomic E-state index is -3.72. The molecule has 24 heavy (non-hydrogen) atoms. The second kappa shape index (κ2) is 7.51. The number of aliphatic carboxylic acids is 1. The minimum Gasteiger partial charge on any atom is -0.480 e. The molecule has 9 nitrogen and oxygen atoms in total. The summed E-state index contributed by atoms with van der Waals surface area (Å²) in [6.45, 7) is 0.592. The number of carboxylic acids is 1. The van der Waals surface area contributed by atoms with Crippen LogP contribution >= 0.6 is 0 Å². The molecule has 0 amide bonds. The zero-order valence-corrected chi connectivity index (χ0v) is 13.7. The second-order valence-electron chi connectivity index (χ2n) is 5.38. The molecule has 130 valence electrons. The van der Waals surface area contributed by atoms with E-state index in [4.69, 9.17) is 16.0 Å². The highest BCUT2D eigenvalue weighted by molar-refractivity contribution is 7.89.